The van der Waals surface area contributed by atoms with Crippen LogP contribution < -0.4 is 10.4 Å². The van der Waals surface area contributed by atoms with Gasteiger partial charge in [0.05, 0.1) is 5.69 Å². The second-order valence-electron chi connectivity index (χ2n) is 3.71. The Morgan fingerprint density at radius 1 is 1.11 bits per heavy atom. The second kappa shape index (κ2) is 7.29. The molecule has 1 aromatic rings. The molecule has 1 aromatic carbocycles. The molecular formula is C12H16N2O4. The van der Waals surface area contributed by atoms with Crippen molar-refractivity contribution in [2.75, 3.05) is 18.1 Å². The maximum Gasteiger partial charge on any atom is 0.319 e. The zero-order valence-electron chi connectivity index (χ0n) is 9.87. The molecule has 0 heterocycles. The highest BCUT2D eigenvalue weighted by atomic mass is 16.4. The zero-order valence-corrected chi connectivity index (χ0v) is 9.87. The van der Waals surface area contributed by atoms with E-state index < -0.39 is 11.9 Å². The number of hydrogen-bond donors (Lipinski definition) is 3. The molecule has 0 saturated carbocycles. The summed E-state index contributed by atoms with van der Waals surface area (Å²) in [7, 11) is 0. The molecule has 0 fully saturated rings. The third kappa shape index (κ3) is 5.31. The highest BCUT2D eigenvalue weighted by Crippen LogP contribution is 2.11. The van der Waals surface area contributed by atoms with Crippen molar-refractivity contribution in [2.45, 2.75) is 12.8 Å². The van der Waals surface area contributed by atoms with E-state index in [9.17, 15) is 9.59 Å². The molecule has 0 saturated heterocycles. The molecule has 0 aromatic heterocycles. The number of para-hydroxylation sites is 1. The summed E-state index contributed by atoms with van der Waals surface area (Å²) in [6.45, 7) is 0.228. The maximum atomic E-state index is 10.5. The van der Waals surface area contributed by atoms with Crippen LogP contribution in [0.4, 0.5) is 5.69 Å². The van der Waals surface area contributed by atoms with Crippen LogP contribution in [-0.2, 0) is 9.59 Å². The summed E-state index contributed by atoms with van der Waals surface area (Å²) in [4.78, 5) is 21.0. The number of nitrogens with zero attached hydrogens (tertiary/aromatic N) is 1. The molecule has 0 aliphatic carbocycles. The van der Waals surface area contributed by atoms with Gasteiger partial charge in [-0.05, 0) is 18.6 Å². The predicted octanol–water partition coefficient (Wildman–Crippen LogP) is 0.947. The fraction of sp³-hybridized carbons (Fsp3) is 0.333. The number of carbonyl (C=O) groups is 2. The smallest absolute Gasteiger partial charge is 0.319 e. The van der Waals surface area contributed by atoms with Gasteiger partial charge in [0, 0.05) is 13.0 Å². The first-order valence-electron chi connectivity index (χ1n) is 5.59. The monoisotopic (exact) mass is 252 g/mol. The molecule has 0 aliphatic heterocycles. The summed E-state index contributed by atoms with van der Waals surface area (Å²) in [5, 5.41) is 18.9. The number of hydrogen-bond acceptors (Lipinski definition) is 4. The summed E-state index contributed by atoms with van der Waals surface area (Å²) in [6.07, 6.45) is 0.495. The summed E-state index contributed by atoms with van der Waals surface area (Å²) in [6, 6.07) is 9.19. The number of rotatable bonds is 8. The summed E-state index contributed by atoms with van der Waals surface area (Å²) >= 11 is 0. The largest absolute Gasteiger partial charge is 0.481 e. The van der Waals surface area contributed by atoms with Gasteiger partial charge in [-0.3, -0.25) is 9.59 Å². The molecule has 0 unspecified atom stereocenters. The minimum Gasteiger partial charge on any atom is -0.481 e. The van der Waals surface area contributed by atoms with Crippen molar-refractivity contribution in [3.05, 3.63) is 30.3 Å². The quantitative estimate of drug-likeness (QED) is 0.597. The van der Waals surface area contributed by atoms with Gasteiger partial charge in [0.1, 0.15) is 6.54 Å². The Balaban J connectivity index is 2.57. The number of carboxylic acid groups (broad SMARTS) is 2. The maximum absolute atomic E-state index is 10.5. The zero-order chi connectivity index (χ0) is 13.4. The van der Waals surface area contributed by atoms with Crippen molar-refractivity contribution < 1.29 is 19.8 Å². The van der Waals surface area contributed by atoms with Crippen LogP contribution in [0.15, 0.2) is 30.3 Å². The van der Waals surface area contributed by atoms with E-state index in [4.69, 9.17) is 10.2 Å². The Hall–Kier alpha value is -2.08. The van der Waals surface area contributed by atoms with E-state index in [1.165, 1.54) is 0 Å². The van der Waals surface area contributed by atoms with Gasteiger partial charge in [-0.25, -0.2) is 5.43 Å². The molecule has 0 bridgehead atoms. The normalized spacial score (nSPS) is 10.0. The molecule has 6 nitrogen and oxygen atoms in total. The van der Waals surface area contributed by atoms with Crippen molar-refractivity contribution in [1.29, 1.82) is 0 Å². The van der Waals surface area contributed by atoms with Crippen LogP contribution in [0, 0.1) is 0 Å². The van der Waals surface area contributed by atoms with Crippen LogP contribution in [0.3, 0.4) is 0 Å². The van der Waals surface area contributed by atoms with Gasteiger partial charge in [-0.2, -0.15) is 0 Å². The molecule has 6 heteroatoms. The molecule has 3 N–H and O–H groups in total. The van der Waals surface area contributed by atoms with Crippen molar-refractivity contribution in [3.63, 3.8) is 0 Å². The number of aliphatic carboxylic acids is 2. The van der Waals surface area contributed by atoms with E-state index in [1.54, 1.807) is 5.01 Å². The Morgan fingerprint density at radius 3 is 2.33 bits per heavy atom. The minimum absolute atomic E-state index is 0.0537. The van der Waals surface area contributed by atoms with Crippen LogP contribution in [0.25, 0.3) is 0 Å². The van der Waals surface area contributed by atoms with Gasteiger partial charge in [0.2, 0.25) is 0 Å². The molecular weight excluding hydrogens is 236 g/mol. The summed E-state index contributed by atoms with van der Waals surface area (Å²) in [5.41, 5.74) is 3.56. The van der Waals surface area contributed by atoms with E-state index in [-0.39, 0.29) is 13.0 Å². The predicted molar refractivity (Wildman–Crippen MR) is 66.3 cm³/mol. The topological polar surface area (TPSA) is 89.9 Å². The van der Waals surface area contributed by atoms with Gasteiger partial charge < -0.3 is 15.2 Å². The van der Waals surface area contributed by atoms with Crippen LogP contribution >= 0.6 is 0 Å². The highest BCUT2D eigenvalue weighted by Gasteiger charge is 2.08. The van der Waals surface area contributed by atoms with E-state index in [0.29, 0.717) is 13.0 Å². The third-order valence-corrected chi connectivity index (χ3v) is 2.26. The van der Waals surface area contributed by atoms with Crippen LogP contribution in [0.1, 0.15) is 12.8 Å². The molecule has 0 amide bonds. The van der Waals surface area contributed by atoms with Gasteiger partial charge in [-0.1, -0.05) is 18.2 Å². The average molecular weight is 252 g/mol. The first-order valence-corrected chi connectivity index (χ1v) is 5.59. The Kier molecular flexibility index (Phi) is 5.66. The average Bonchev–Trinajstić information content (AvgIpc) is 2.34. The molecule has 0 atom stereocenters. The van der Waals surface area contributed by atoms with Crippen molar-refractivity contribution >= 4 is 17.6 Å². The molecule has 0 aliphatic rings. The lowest BCUT2D eigenvalue weighted by Gasteiger charge is -2.24. The molecule has 18 heavy (non-hydrogen) atoms. The fourth-order valence-corrected chi connectivity index (χ4v) is 1.46. The number of hydrazine groups is 1. The van der Waals surface area contributed by atoms with Crippen LogP contribution in [0.2, 0.25) is 0 Å². The van der Waals surface area contributed by atoms with E-state index in [1.807, 2.05) is 30.3 Å². The first kappa shape index (κ1) is 14.0. The van der Waals surface area contributed by atoms with Crippen molar-refractivity contribution in [2.24, 2.45) is 0 Å². The minimum atomic E-state index is -0.964. The number of carboxylic acids is 2. The van der Waals surface area contributed by atoms with E-state index in [0.717, 1.165) is 5.69 Å². The van der Waals surface area contributed by atoms with Gasteiger partial charge in [-0.15, -0.1) is 0 Å². The van der Waals surface area contributed by atoms with Crippen molar-refractivity contribution in [1.82, 2.24) is 5.43 Å². The molecule has 98 valence electrons. The standard InChI is InChI=1S/C12H16N2O4/c15-11(16)7-4-8-14(13-9-12(17)18)10-5-2-1-3-6-10/h1-3,5-6,13H,4,7-9H2,(H,15,16)(H,17,18). The molecule has 0 radical (unpaired) electrons. The van der Waals surface area contributed by atoms with Crippen molar-refractivity contribution in [3.8, 4) is 0 Å². The van der Waals surface area contributed by atoms with E-state index >= 15 is 0 Å². The fourth-order valence-electron chi connectivity index (χ4n) is 1.46. The Morgan fingerprint density at radius 2 is 1.78 bits per heavy atom. The molecule has 1 rings (SSSR count). The lowest BCUT2D eigenvalue weighted by molar-refractivity contribution is -0.137. The number of anilines is 1. The summed E-state index contributed by atoms with van der Waals surface area (Å²) in [5.74, 6) is -1.82. The second-order valence-corrected chi connectivity index (χ2v) is 3.71. The lowest BCUT2D eigenvalue weighted by atomic mass is 10.2. The number of benzene rings is 1. The third-order valence-electron chi connectivity index (χ3n) is 2.26. The SMILES string of the molecule is O=C(O)CCCN(NCC(=O)O)c1ccccc1. The van der Waals surface area contributed by atoms with Gasteiger partial charge >= 0.3 is 11.9 Å². The Labute approximate surface area is 105 Å². The lowest BCUT2D eigenvalue weighted by Crippen LogP contribution is -2.42. The molecule has 0 spiro atoms. The Bertz CT molecular complexity index is 394. The van der Waals surface area contributed by atoms with Gasteiger partial charge in [0.25, 0.3) is 0 Å². The van der Waals surface area contributed by atoms with E-state index in [2.05, 4.69) is 5.43 Å². The first-order chi connectivity index (χ1) is 8.59. The van der Waals surface area contributed by atoms with Gasteiger partial charge in [0.15, 0.2) is 0 Å². The summed E-state index contributed by atoms with van der Waals surface area (Å²) < 4.78 is 0. The highest BCUT2D eigenvalue weighted by molar-refractivity contribution is 5.69. The van der Waals surface area contributed by atoms with Crippen LogP contribution in [0.5, 0.6) is 0 Å². The van der Waals surface area contributed by atoms with Crippen LogP contribution in [-0.4, -0.2) is 35.2 Å². The number of nitrogens with one attached hydrogen (secondary N) is 1.